The molecule has 0 heterocycles. The third-order valence-electron chi connectivity index (χ3n) is 8.09. The summed E-state index contributed by atoms with van der Waals surface area (Å²) in [4.78, 5) is 0. The second-order valence-electron chi connectivity index (χ2n) is 10.5. The molecule has 1 aromatic carbocycles. The minimum absolute atomic E-state index is 0.214. The zero-order valence-electron chi connectivity index (χ0n) is 20.6. The van der Waals surface area contributed by atoms with E-state index in [1.807, 2.05) is 0 Å². The van der Waals surface area contributed by atoms with E-state index in [0.717, 1.165) is 36.5 Å². The van der Waals surface area contributed by atoms with E-state index >= 15 is 0 Å². The average Bonchev–Trinajstić information content (AvgIpc) is 2.84. The normalized spacial score (nSPS) is 26.4. The van der Waals surface area contributed by atoms with Crippen molar-refractivity contribution in [3.63, 3.8) is 0 Å². The van der Waals surface area contributed by atoms with Crippen LogP contribution in [0.3, 0.4) is 0 Å². The number of unbranched alkanes of at least 4 members (excludes halogenated alkanes) is 3. The quantitative estimate of drug-likeness (QED) is 0.218. The van der Waals surface area contributed by atoms with Crippen molar-refractivity contribution in [3.05, 3.63) is 42.0 Å². The van der Waals surface area contributed by atoms with Crippen molar-refractivity contribution in [3.8, 4) is 5.75 Å². The Kier molecular flexibility index (Phi) is 11.7. The molecule has 0 atom stereocenters. The highest BCUT2D eigenvalue weighted by Crippen LogP contribution is 2.42. The van der Waals surface area contributed by atoms with E-state index in [4.69, 9.17) is 4.74 Å². The number of halogens is 1. The molecule has 3 rings (SSSR count). The van der Waals surface area contributed by atoms with Gasteiger partial charge in [-0.2, -0.15) is 0 Å². The summed E-state index contributed by atoms with van der Waals surface area (Å²) < 4.78 is 18.2. The molecule has 1 nitrogen and oxygen atoms in total. The molecule has 0 unspecified atom stereocenters. The Labute approximate surface area is 197 Å². The van der Waals surface area contributed by atoms with E-state index in [9.17, 15) is 4.39 Å². The minimum Gasteiger partial charge on any atom is -0.494 e. The van der Waals surface area contributed by atoms with Gasteiger partial charge in [-0.05, 0) is 106 Å². The van der Waals surface area contributed by atoms with E-state index in [1.54, 1.807) is 0 Å². The first-order valence-corrected chi connectivity index (χ1v) is 13.7. The van der Waals surface area contributed by atoms with Crippen molar-refractivity contribution in [2.75, 3.05) is 13.3 Å². The Morgan fingerprint density at radius 2 is 1.56 bits per heavy atom. The first-order valence-electron chi connectivity index (χ1n) is 13.7. The summed E-state index contributed by atoms with van der Waals surface area (Å²) >= 11 is 0. The topological polar surface area (TPSA) is 9.23 Å². The SMILES string of the molecule is CCCCCCOc1ccc(CC[C@H]2CC[C@H]([C@H]3CC[C@H](C=CCCF)CC3)CC2)cc1. The fourth-order valence-corrected chi connectivity index (χ4v) is 5.95. The van der Waals surface area contributed by atoms with E-state index in [2.05, 4.69) is 43.3 Å². The van der Waals surface area contributed by atoms with E-state index < -0.39 is 0 Å². The van der Waals surface area contributed by atoms with Crippen molar-refractivity contribution in [2.24, 2.45) is 23.7 Å². The monoisotopic (exact) mass is 442 g/mol. The highest BCUT2D eigenvalue weighted by molar-refractivity contribution is 5.27. The standard InChI is InChI=1S/C30H47FO/c1-2-3-4-7-24-32-30-21-15-27(16-22-30)10-9-26-13-19-29(20-14-26)28-17-11-25(12-18-28)8-5-6-23-31/h5,8,15-16,21-22,25-26,28-29H,2-4,6-7,9-14,17-20,23-24H2,1H3/t25-,26-,28-,29-. The third kappa shape index (κ3) is 8.91. The highest BCUT2D eigenvalue weighted by atomic mass is 19.1. The summed E-state index contributed by atoms with van der Waals surface area (Å²) in [5.74, 6) is 4.58. The lowest BCUT2D eigenvalue weighted by Crippen LogP contribution is -2.25. The molecule has 0 radical (unpaired) electrons. The molecule has 2 saturated carbocycles. The third-order valence-corrected chi connectivity index (χ3v) is 8.09. The number of hydrogen-bond acceptors (Lipinski definition) is 1. The zero-order valence-corrected chi connectivity index (χ0v) is 20.6. The first-order chi connectivity index (χ1) is 15.8. The van der Waals surface area contributed by atoms with Gasteiger partial charge in [-0.15, -0.1) is 0 Å². The first kappa shape index (κ1) is 25.3. The van der Waals surface area contributed by atoms with Gasteiger partial charge >= 0.3 is 0 Å². The largest absolute Gasteiger partial charge is 0.494 e. The summed E-state index contributed by atoms with van der Waals surface area (Å²) in [7, 11) is 0. The molecule has 0 aromatic heterocycles. The molecule has 0 spiro atoms. The fourth-order valence-electron chi connectivity index (χ4n) is 5.95. The Morgan fingerprint density at radius 1 is 0.875 bits per heavy atom. The molecule has 180 valence electrons. The van der Waals surface area contributed by atoms with Crippen LogP contribution in [-0.4, -0.2) is 13.3 Å². The van der Waals surface area contributed by atoms with Gasteiger partial charge in [0.2, 0.25) is 0 Å². The smallest absolute Gasteiger partial charge is 0.119 e. The van der Waals surface area contributed by atoms with Crippen LogP contribution < -0.4 is 4.74 Å². The summed E-state index contributed by atoms with van der Waals surface area (Å²) in [6.45, 7) is 2.88. The lowest BCUT2D eigenvalue weighted by molar-refractivity contribution is 0.152. The van der Waals surface area contributed by atoms with Gasteiger partial charge in [-0.3, -0.25) is 4.39 Å². The second kappa shape index (κ2) is 14.8. The van der Waals surface area contributed by atoms with Gasteiger partial charge in [0.1, 0.15) is 5.75 Å². The van der Waals surface area contributed by atoms with Gasteiger partial charge in [-0.1, -0.05) is 63.3 Å². The molecule has 0 N–H and O–H groups in total. The van der Waals surface area contributed by atoms with Crippen molar-refractivity contribution in [1.29, 1.82) is 0 Å². The van der Waals surface area contributed by atoms with E-state index in [0.29, 0.717) is 12.3 Å². The van der Waals surface area contributed by atoms with Gasteiger partial charge in [0, 0.05) is 0 Å². The van der Waals surface area contributed by atoms with Crippen LogP contribution in [0.2, 0.25) is 0 Å². The van der Waals surface area contributed by atoms with Gasteiger partial charge < -0.3 is 4.74 Å². The van der Waals surface area contributed by atoms with Gasteiger partial charge in [-0.25, -0.2) is 0 Å². The maximum atomic E-state index is 12.3. The van der Waals surface area contributed by atoms with Crippen LogP contribution in [0.25, 0.3) is 0 Å². The second-order valence-corrected chi connectivity index (χ2v) is 10.5. The molecular formula is C30H47FO. The Morgan fingerprint density at radius 3 is 2.22 bits per heavy atom. The number of ether oxygens (including phenoxy) is 1. The zero-order chi connectivity index (χ0) is 22.4. The molecular weight excluding hydrogens is 395 g/mol. The molecule has 0 saturated heterocycles. The van der Waals surface area contributed by atoms with Crippen LogP contribution in [0, 0.1) is 23.7 Å². The molecule has 1 aromatic rings. The van der Waals surface area contributed by atoms with Gasteiger partial charge in [0.25, 0.3) is 0 Å². The molecule has 0 amide bonds. The number of allylic oxidation sites excluding steroid dienone is 2. The minimum atomic E-state index is -0.214. The van der Waals surface area contributed by atoms with Crippen LogP contribution in [-0.2, 0) is 6.42 Å². The summed E-state index contributed by atoms with van der Waals surface area (Å²) in [5.41, 5.74) is 1.46. The molecule has 2 fully saturated rings. The highest BCUT2D eigenvalue weighted by Gasteiger charge is 2.30. The van der Waals surface area contributed by atoms with Crippen LogP contribution in [0.15, 0.2) is 36.4 Å². The van der Waals surface area contributed by atoms with Crippen molar-refractivity contribution >= 4 is 0 Å². The lowest BCUT2D eigenvalue weighted by Gasteiger charge is -2.37. The number of alkyl halides is 1. The summed E-state index contributed by atoms with van der Waals surface area (Å²) in [6, 6.07) is 8.87. The Balaban J connectivity index is 1.28. The lowest BCUT2D eigenvalue weighted by atomic mass is 9.68. The number of rotatable bonds is 13. The maximum Gasteiger partial charge on any atom is 0.119 e. The van der Waals surface area contributed by atoms with Gasteiger partial charge in [0.15, 0.2) is 0 Å². The predicted octanol–water partition coefficient (Wildman–Crippen LogP) is 9.11. The van der Waals surface area contributed by atoms with Crippen molar-refractivity contribution in [1.82, 2.24) is 0 Å². The Hall–Kier alpha value is -1.31. The predicted molar refractivity (Wildman–Crippen MR) is 135 cm³/mol. The van der Waals surface area contributed by atoms with Crippen LogP contribution in [0.5, 0.6) is 5.75 Å². The molecule has 2 aliphatic rings. The van der Waals surface area contributed by atoms with Crippen LogP contribution >= 0.6 is 0 Å². The molecule has 32 heavy (non-hydrogen) atoms. The van der Waals surface area contributed by atoms with E-state index in [1.165, 1.54) is 89.0 Å². The molecule has 0 bridgehead atoms. The molecule has 2 heteroatoms. The number of benzene rings is 1. The molecule has 2 aliphatic carbocycles. The summed E-state index contributed by atoms with van der Waals surface area (Å²) in [5, 5.41) is 0. The van der Waals surface area contributed by atoms with Crippen LogP contribution in [0.4, 0.5) is 4.39 Å². The summed E-state index contributed by atoms with van der Waals surface area (Å²) in [6.07, 6.45) is 23.7. The molecule has 0 aliphatic heterocycles. The van der Waals surface area contributed by atoms with E-state index in [-0.39, 0.29) is 6.67 Å². The Bertz CT molecular complexity index is 621. The van der Waals surface area contributed by atoms with Gasteiger partial charge in [0.05, 0.1) is 13.3 Å². The van der Waals surface area contributed by atoms with Crippen molar-refractivity contribution < 1.29 is 9.13 Å². The maximum absolute atomic E-state index is 12.3. The number of aryl methyl sites for hydroxylation is 1. The number of hydrogen-bond donors (Lipinski definition) is 0. The van der Waals surface area contributed by atoms with Crippen LogP contribution in [0.1, 0.15) is 102 Å². The average molecular weight is 443 g/mol. The van der Waals surface area contributed by atoms with Crippen molar-refractivity contribution in [2.45, 2.75) is 103 Å². The fraction of sp³-hybridized carbons (Fsp3) is 0.733.